The van der Waals surface area contributed by atoms with Gasteiger partial charge in [0.2, 0.25) is 0 Å². The van der Waals surface area contributed by atoms with Crippen molar-refractivity contribution < 1.29 is 4.79 Å². The van der Waals surface area contributed by atoms with Crippen molar-refractivity contribution in [3.05, 3.63) is 52.1 Å². The summed E-state index contributed by atoms with van der Waals surface area (Å²) in [6, 6.07) is 10.2. The summed E-state index contributed by atoms with van der Waals surface area (Å²) < 4.78 is 0. The topological polar surface area (TPSA) is 69.8 Å². The van der Waals surface area contributed by atoms with Crippen LogP contribution in [0.25, 0.3) is 10.9 Å². The van der Waals surface area contributed by atoms with Gasteiger partial charge in [0.25, 0.3) is 0 Å². The Hall–Kier alpha value is -2.34. The Kier molecular flexibility index (Phi) is 5.15. The van der Waals surface area contributed by atoms with Crippen LogP contribution in [0.5, 0.6) is 0 Å². The van der Waals surface area contributed by atoms with Crippen LogP contribution in [0.15, 0.2) is 36.5 Å². The van der Waals surface area contributed by atoms with Crippen molar-refractivity contribution >= 4 is 28.3 Å². The molecule has 2 amide bonds. The number of carbonyl (C=O) groups excluding carboxylic acids is 1. The molecule has 3 rings (SSSR count). The number of thiazole rings is 1. The zero-order chi connectivity index (χ0) is 16.9. The molecule has 6 heteroatoms. The van der Waals surface area contributed by atoms with Crippen LogP contribution in [0.1, 0.15) is 28.4 Å². The second-order valence-corrected chi connectivity index (χ2v) is 7.25. The molecule has 0 aliphatic carbocycles. The number of nitrogens with one attached hydrogen (secondary N) is 3. The molecule has 3 aromatic rings. The average Bonchev–Trinajstić information content (AvgIpc) is 3.18. The van der Waals surface area contributed by atoms with Crippen molar-refractivity contribution in [1.82, 2.24) is 20.6 Å². The highest BCUT2D eigenvalue weighted by atomic mass is 32.1. The molecule has 5 nitrogen and oxygen atoms in total. The molecule has 0 bridgehead atoms. The fourth-order valence-electron chi connectivity index (χ4n) is 2.57. The summed E-state index contributed by atoms with van der Waals surface area (Å²) in [5.74, 6) is 0.225. The number of hydrogen-bond donors (Lipinski definition) is 3. The molecular weight excluding hydrogens is 320 g/mol. The summed E-state index contributed by atoms with van der Waals surface area (Å²) in [5, 5.41) is 8.07. The molecule has 0 fully saturated rings. The van der Waals surface area contributed by atoms with Crippen molar-refractivity contribution in [2.75, 3.05) is 13.1 Å². The molecule has 126 valence electrons. The van der Waals surface area contributed by atoms with E-state index in [2.05, 4.69) is 45.7 Å². The number of para-hydroxylation sites is 1. The molecule has 0 aliphatic heterocycles. The van der Waals surface area contributed by atoms with Gasteiger partial charge >= 0.3 is 6.03 Å². The molecule has 3 N–H and O–H groups in total. The zero-order valence-electron chi connectivity index (χ0n) is 13.9. The van der Waals surface area contributed by atoms with Crippen LogP contribution in [0.3, 0.4) is 0 Å². The molecule has 0 spiro atoms. The van der Waals surface area contributed by atoms with Gasteiger partial charge in [-0.1, -0.05) is 25.1 Å². The monoisotopic (exact) mass is 342 g/mol. The predicted molar refractivity (Wildman–Crippen MR) is 98.7 cm³/mol. The third kappa shape index (κ3) is 4.14. The highest BCUT2D eigenvalue weighted by Gasteiger charge is 2.11. The molecule has 0 saturated heterocycles. The standard InChI is InChI=1S/C18H22N4OS/c1-12(17-20-11-13(2)24-17)10-21-18(23)19-8-7-15-9-14-5-3-4-6-16(14)22-15/h3-6,9,11-12,22H,7-8,10H2,1-2H3,(H2,19,21,23)/t12-/m1/s1. The number of aromatic amines is 1. The van der Waals surface area contributed by atoms with E-state index >= 15 is 0 Å². The quantitative estimate of drug-likeness (QED) is 0.641. The lowest BCUT2D eigenvalue weighted by Crippen LogP contribution is -2.38. The molecule has 2 aromatic heterocycles. The number of urea groups is 1. The van der Waals surface area contributed by atoms with Crippen LogP contribution >= 0.6 is 11.3 Å². The van der Waals surface area contributed by atoms with Gasteiger partial charge in [0.1, 0.15) is 0 Å². The minimum absolute atomic E-state index is 0.133. The number of amides is 2. The first kappa shape index (κ1) is 16.5. The Balaban J connectivity index is 1.40. The highest BCUT2D eigenvalue weighted by Crippen LogP contribution is 2.20. The number of H-pyrrole nitrogens is 1. The average molecular weight is 342 g/mol. The van der Waals surface area contributed by atoms with Gasteiger partial charge in [-0.05, 0) is 24.4 Å². The number of nitrogens with zero attached hydrogens (tertiary/aromatic N) is 1. The van der Waals surface area contributed by atoms with E-state index in [0.29, 0.717) is 13.1 Å². The van der Waals surface area contributed by atoms with Crippen molar-refractivity contribution in [1.29, 1.82) is 0 Å². The summed E-state index contributed by atoms with van der Waals surface area (Å²) in [6.45, 7) is 5.30. The van der Waals surface area contributed by atoms with E-state index in [1.807, 2.05) is 25.3 Å². The fourth-order valence-corrected chi connectivity index (χ4v) is 3.40. The third-order valence-electron chi connectivity index (χ3n) is 3.90. The van der Waals surface area contributed by atoms with Gasteiger partial charge in [0, 0.05) is 47.7 Å². The van der Waals surface area contributed by atoms with E-state index < -0.39 is 0 Å². The third-order valence-corrected chi connectivity index (χ3v) is 5.04. The van der Waals surface area contributed by atoms with E-state index in [1.165, 1.54) is 10.3 Å². The summed E-state index contributed by atoms with van der Waals surface area (Å²) >= 11 is 1.68. The molecule has 0 saturated carbocycles. The van der Waals surface area contributed by atoms with Gasteiger partial charge in [0.15, 0.2) is 0 Å². The smallest absolute Gasteiger partial charge is 0.314 e. The maximum absolute atomic E-state index is 11.9. The molecule has 1 aromatic carbocycles. The molecule has 1 atom stereocenters. The minimum atomic E-state index is -0.133. The van der Waals surface area contributed by atoms with E-state index in [1.54, 1.807) is 11.3 Å². The van der Waals surface area contributed by atoms with E-state index in [4.69, 9.17) is 0 Å². The lowest BCUT2D eigenvalue weighted by atomic mass is 10.2. The number of hydrogen-bond acceptors (Lipinski definition) is 3. The Morgan fingerprint density at radius 3 is 2.92 bits per heavy atom. The first-order valence-electron chi connectivity index (χ1n) is 8.12. The van der Waals surface area contributed by atoms with Crippen LogP contribution in [0, 0.1) is 6.92 Å². The zero-order valence-corrected chi connectivity index (χ0v) is 14.7. The molecule has 0 unspecified atom stereocenters. The molecule has 0 radical (unpaired) electrons. The summed E-state index contributed by atoms with van der Waals surface area (Å²) in [4.78, 5) is 20.8. The Labute approximate surface area is 145 Å². The van der Waals surface area contributed by atoms with E-state index in [0.717, 1.165) is 22.6 Å². The summed E-state index contributed by atoms with van der Waals surface area (Å²) in [5.41, 5.74) is 2.26. The SMILES string of the molecule is Cc1cnc([C@H](C)CNC(=O)NCCc2cc3ccccc3[nH]2)s1. The summed E-state index contributed by atoms with van der Waals surface area (Å²) in [7, 11) is 0. The van der Waals surface area contributed by atoms with Crippen LogP contribution in [-0.2, 0) is 6.42 Å². The van der Waals surface area contributed by atoms with Gasteiger partial charge in [-0.25, -0.2) is 9.78 Å². The first-order chi connectivity index (χ1) is 11.6. The van der Waals surface area contributed by atoms with Crippen LogP contribution < -0.4 is 10.6 Å². The highest BCUT2D eigenvalue weighted by molar-refractivity contribution is 7.11. The van der Waals surface area contributed by atoms with E-state index in [-0.39, 0.29) is 11.9 Å². The number of rotatable bonds is 6. The predicted octanol–water partition coefficient (Wildman–Crippen LogP) is 3.58. The number of aromatic nitrogens is 2. The van der Waals surface area contributed by atoms with Crippen molar-refractivity contribution in [3.63, 3.8) is 0 Å². The lowest BCUT2D eigenvalue weighted by molar-refractivity contribution is 0.240. The number of aryl methyl sites for hydroxylation is 1. The summed E-state index contributed by atoms with van der Waals surface area (Å²) in [6.07, 6.45) is 2.65. The number of benzene rings is 1. The van der Waals surface area contributed by atoms with Gasteiger partial charge < -0.3 is 15.6 Å². The second-order valence-electron chi connectivity index (χ2n) is 5.98. The Morgan fingerprint density at radius 2 is 2.17 bits per heavy atom. The van der Waals surface area contributed by atoms with E-state index in [9.17, 15) is 4.79 Å². The first-order valence-corrected chi connectivity index (χ1v) is 8.94. The van der Waals surface area contributed by atoms with Crippen molar-refractivity contribution in [2.24, 2.45) is 0 Å². The molecule has 24 heavy (non-hydrogen) atoms. The maximum Gasteiger partial charge on any atom is 0.314 e. The van der Waals surface area contributed by atoms with Gasteiger partial charge in [-0.15, -0.1) is 11.3 Å². The van der Waals surface area contributed by atoms with Gasteiger partial charge in [-0.2, -0.15) is 0 Å². The van der Waals surface area contributed by atoms with Crippen molar-refractivity contribution in [3.8, 4) is 0 Å². The molecule has 0 aliphatic rings. The molecule has 2 heterocycles. The largest absolute Gasteiger partial charge is 0.358 e. The van der Waals surface area contributed by atoms with Crippen molar-refractivity contribution in [2.45, 2.75) is 26.2 Å². The van der Waals surface area contributed by atoms with Crippen LogP contribution in [-0.4, -0.2) is 29.1 Å². The van der Waals surface area contributed by atoms with Gasteiger partial charge in [-0.3, -0.25) is 0 Å². The maximum atomic E-state index is 11.9. The van der Waals surface area contributed by atoms with Crippen LogP contribution in [0.2, 0.25) is 0 Å². The lowest BCUT2D eigenvalue weighted by Gasteiger charge is -2.11. The Bertz CT molecular complexity index is 790. The number of carbonyl (C=O) groups is 1. The van der Waals surface area contributed by atoms with Crippen LogP contribution in [0.4, 0.5) is 4.79 Å². The molecular formula is C18H22N4OS. The Morgan fingerprint density at radius 1 is 1.33 bits per heavy atom. The minimum Gasteiger partial charge on any atom is -0.358 e. The van der Waals surface area contributed by atoms with Gasteiger partial charge in [0.05, 0.1) is 5.01 Å². The second kappa shape index (κ2) is 7.49. The number of fused-ring (bicyclic) bond motifs is 1. The normalized spacial score (nSPS) is 12.2. The fraction of sp³-hybridized carbons (Fsp3) is 0.333.